The van der Waals surface area contributed by atoms with Gasteiger partial charge in [0.1, 0.15) is 11.5 Å². The SMILES string of the molecule is CCS(=O)(=O)N[C@H]1CCCC[C@@H]1COc1ccc(OC(F)F)cc1. The van der Waals surface area contributed by atoms with E-state index in [0.717, 1.165) is 25.7 Å². The van der Waals surface area contributed by atoms with Crippen LogP contribution in [0.2, 0.25) is 0 Å². The summed E-state index contributed by atoms with van der Waals surface area (Å²) in [6, 6.07) is 5.83. The first-order valence-corrected chi connectivity index (χ1v) is 9.72. The molecule has 24 heavy (non-hydrogen) atoms. The summed E-state index contributed by atoms with van der Waals surface area (Å²) < 4.78 is 60.5. The minimum absolute atomic E-state index is 0.0582. The molecule has 1 aromatic carbocycles. The molecule has 2 rings (SSSR count). The van der Waals surface area contributed by atoms with Crippen molar-refractivity contribution in [1.29, 1.82) is 0 Å². The largest absolute Gasteiger partial charge is 0.493 e. The molecule has 0 aliphatic heterocycles. The van der Waals surface area contributed by atoms with Gasteiger partial charge in [0.25, 0.3) is 0 Å². The zero-order valence-electron chi connectivity index (χ0n) is 13.6. The van der Waals surface area contributed by atoms with Crippen LogP contribution in [0.1, 0.15) is 32.6 Å². The molecule has 2 atom stereocenters. The molecule has 1 fully saturated rings. The van der Waals surface area contributed by atoms with Gasteiger partial charge in [-0.05, 0) is 44.0 Å². The molecule has 8 heteroatoms. The lowest BCUT2D eigenvalue weighted by atomic mass is 9.86. The number of hydrogen-bond donors (Lipinski definition) is 1. The Balaban J connectivity index is 1.91. The van der Waals surface area contributed by atoms with E-state index in [1.807, 2.05) is 0 Å². The molecule has 5 nitrogen and oxygen atoms in total. The summed E-state index contributed by atoms with van der Waals surface area (Å²) in [4.78, 5) is 0. The third-order valence-electron chi connectivity index (χ3n) is 4.13. The van der Waals surface area contributed by atoms with Crippen LogP contribution in [0.25, 0.3) is 0 Å². The van der Waals surface area contributed by atoms with E-state index in [4.69, 9.17) is 4.74 Å². The minimum atomic E-state index is -3.25. The van der Waals surface area contributed by atoms with Gasteiger partial charge in [-0.3, -0.25) is 0 Å². The van der Waals surface area contributed by atoms with Gasteiger partial charge < -0.3 is 9.47 Å². The molecule has 1 aliphatic rings. The second-order valence-corrected chi connectivity index (χ2v) is 7.88. The molecule has 136 valence electrons. The molecule has 0 aromatic heterocycles. The number of alkyl halides is 2. The molecule has 1 aliphatic carbocycles. The molecule has 1 N–H and O–H groups in total. The van der Waals surface area contributed by atoms with Crippen molar-refractivity contribution in [2.45, 2.75) is 45.3 Å². The zero-order valence-corrected chi connectivity index (χ0v) is 14.4. The third-order valence-corrected chi connectivity index (χ3v) is 5.55. The Morgan fingerprint density at radius 3 is 2.42 bits per heavy atom. The molecular formula is C16H23F2NO4S. The Kier molecular flexibility index (Phi) is 6.79. The summed E-state index contributed by atoms with van der Waals surface area (Å²) in [6.07, 6.45) is 3.73. The highest BCUT2D eigenvalue weighted by Gasteiger charge is 2.28. The molecular weight excluding hydrogens is 340 g/mol. The number of rotatable bonds is 8. The minimum Gasteiger partial charge on any atom is -0.493 e. The number of sulfonamides is 1. The first kappa shape index (κ1) is 18.9. The number of halogens is 2. The maximum atomic E-state index is 12.1. The van der Waals surface area contributed by atoms with Crippen molar-refractivity contribution in [3.05, 3.63) is 24.3 Å². The Morgan fingerprint density at radius 1 is 1.17 bits per heavy atom. The van der Waals surface area contributed by atoms with Crippen LogP contribution in [-0.4, -0.2) is 33.4 Å². The summed E-state index contributed by atoms with van der Waals surface area (Å²) >= 11 is 0. The zero-order chi connectivity index (χ0) is 17.6. The van der Waals surface area contributed by atoms with Crippen molar-refractivity contribution in [2.24, 2.45) is 5.92 Å². The molecule has 0 amide bonds. The van der Waals surface area contributed by atoms with Gasteiger partial charge in [0, 0.05) is 12.0 Å². The topological polar surface area (TPSA) is 64.6 Å². The van der Waals surface area contributed by atoms with E-state index >= 15 is 0 Å². The van der Waals surface area contributed by atoms with Gasteiger partial charge in [-0.1, -0.05) is 12.8 Å². The first-order chi connectivity index (χ1) is 11.4. The van der Waals surface area contributed by atoms with E-state index < -0.39 is 16.6 Å². The van der Waals surface area contributed by atoms with Gasteiger partial charge in [0.15, 0.2) is 0 Å². The predicted octanol–water partition coefficient (Wildman–Crippen LogP) is 3.16. The molecule has 0 bridgehead atoms. The fourth-order valence-corrected chi connectivity index (χ4v) is 3.74. The number of ether oxygens (including phenoxy) is 2. The van der Waals surface area contributed by atoms with Crippen molar-refractivity contribution in [3.8, 4) is 11.5 Å². The Labute approximate surface area is 141 Å². The van der Waals surface area contributed by atoms with Crippen LogP contribution >= 0.6 is 0 Å². The van der Waals surface area contributed by atoms with Crippen LogP contribution in [0.5, 0.6) is 11.5 Å². The lowest BCUT2D eigenvalue weighted by molar-refractivity contribution is -0.0498. The summed E-state index contributed by atoms with van der Waals surface area (Å²) in [6.45, 7) is -0.864. The van der Waals surface area contributed by atoms with Crippen LogP contribution in [0.3, 0.4) is 0 Å². The highest BCUT2D eigenvalue weighted by Crippen LogP contribution is 2.27. The van der Waals surface area contributed by atoms with Gasteiger partial charge in [-0.2, -0.15) is 8.78 Å². The lowest BCUT2D eigenvalue weighted by Crippen LogP contribution is -2.44. The van der Waals surface area contributed by atoms with Crippen molar-refractivity contribution in [2.75, 3.05) is 12.4 Å². The van der Waals surface area contributed by atoms with Gasteiger partial charge in [-0.15, -0.1) is 0 Å². The fourth-order valence-electron chi connectivity index (χ4n) is 2.80. The monoisotopic (exact) mass is 363 g/mol. The average Bonchev–Trinajstić information content (AvgIpc) is 2.54. The Morgan fingerprint density at radius 2 is 1.79 bits per heavy atom. The van der Waals surface area contributed by atoms with E-state index in [9.17, 15) is 17.2 Å². The predicted molar refractivity (Wildman–Crippen MR) is 86.9 cm³/mol. The molecule has 1 aromatic rings. The van der Waals surface area contributed by atoms with Crippen molar-refractivity contribution < 1.29 is 26.7 Å². The number of benzene rings is 1. The first-order valence-electron chi connectivity index (χ1n) is 8.07. The Hall–Kier alpha value is -1.41. The molecule has 0 spiro atoms. The van der Waals surface area contributed by atoms with Gasteiger partial charge in [-0.25, -0.2) is 13.1 Å². The summed E-state index contributed by atoms with van der Waals surface area (Å²) in [5, 5.41) is 0. The number of nitrogens with one attached hydrogen (secondary N) is 1. The fraction of sp³-hybridized carbons (Fsp3) is 0.625. The van der Waals surface area contributed by atoms with Crippen molar-refractivity contribution in [1.82, 2.24) is 4.72 Å². The maximum Gasteiger partial charge on any atom is 0.387 e. The molecule has 0 saturated heterocycles. The van der Waals surface area contributed by atoms with Crippen LogP contribution in [0.4, 0.5) is 8.78 Å². The summed E-state index contributed by atoms with van der Waals surface area (Å²) in [5.74, 6) is 0.767. The van der Waals surface area contributed by atoms with Crippen molar-refractivity contribution in [3.63, 3.8) is 0 Å². The lowest BCUT2D eigenvalue weighted by Gasteiger charge is -2.31. The van der Waals surface area contributed by atoms with E-state index in [1.54, 1.807) is 19.1 Å². The molecule has 1 saturated carbocycles. The average molecular weight is 363 g/mol. The van der Waals surface area contributed by atoms with E-state index in [1.165, 1.54) is 12.1 Å². The van der Waals surface area contributed by atoms with Crippen LogP contribution < -0.4 is 14.2 Å². The smallest absolute Gasteiger partial charge is 0.387 e. The van der Waals surface area contributed by atoms with Crippen LogP contribution in [0, 0.1) is 5.92 Å². The van der Waals surface area contributed by atoms with Gasteiger partial charge in [0.2, 0.25) is 10.0 Å². The molecule has 0 radical (unpaired) electrons. The standard InChI is InChI=1S/C16H23F2NO4S/c1-2-24(20,21)19-15-6-4-3-5-12(15)11-22-13-7-9-14(10-8-13)23-16(17)18/h7-10,12,15-16,19H,2-6,11H2,1H3/t12-,15+/m1/s1. The normalized spacial score (nSPS) is 21.7. The maximum absolute atomic E-state index is 12.1. The summed E-state index contributed by atoms with van der Waals surface area (Å²) in [7, 11) is -3.25. The highest BCUT2D eigenvalue weighted by molar-refractivity contribution is 7.89. The Bertz CT molecular complexity index is 607. The second-order valence-electron chi connectivity index (χ2n) is 5.83. The molecule has 0 unspecified atom stereocenters. The van der Waals surface area contributed by atoms with Crippen molar-refractivity contribution >= 4 is 10.0 Å². The van der Waals surface area contributed by atoms with Crippen LogP contribution in [0.15, 0.2) is 24.3 Å². The van der Waals surface area contributed by atoms with Gasteiger partial charge >= 0.3 is 6.61 Å². The molecule has 0 heterocycles. The second kappa shape index (κ2) is 8.62. The van der Waals surface area contributed by atoms with Crippen LogP contribution in [-0.2, 0) is 10.0 Å². The van der Waals surface area contributed by atoms with E-state index in [0.29, 0.717) is 12.4 Å². The summed E-state index contributed by atoms with van der Waals surface area (Å²) in [5.41, 5.74) is 0. The van der Waals surface area contributed by atoms with E-state index in [2.05, 4.69) is 9.46 Å². The van der Waals surface area contributed by atoms with E-state index in [-0.39, 0.29) is 23.5 Å². The quantitative estimate of drug-likeness (QED) is 0.771. The van der Waals surface area contributed by atoms with Gasteiger partial charge in [0.05, 0.1) is 12.4 Å². The third kappa shape index (κ3) is 5.90. The highest BCUT2D eigenvalue weighted by atomic mass is 32.2. The number of hydrogen-bond acceptors (Lipinski definition) is 4.